The van der Waals surface area contributed by atoms with E-state index >= 15 is 0 Å². The zero-order chi connectivity index (χ0) is 15.0. The van der Waals surface area contributed by atoms with Crippen LogP contribution in [0.1, 0.15) is 54.7 Å². The minimum absolute atomic E-state index is 0.112. The van der Waals surface area contributed by atoms with E-state index in [0.717, 1.165) is 22.3 Å². The van der Waals surface area contributed by atoms with E-state index in [-0.39, 0.29) is 5.78 Å². The van der Waals surface area contributed by atoms with Crippen molar-refractivity contribution in [1.82, 2.24) is 0 Å². The van der Waals surface area contributed by atoms with Crippen LogP contribution in [0.15, 0.2) is 35.9 Å². The molecule has 0 heterocycles. The van der Waals surface area contributed by atoms with E-state index in [2.05, 4.69) is 19.1 Å². The Kier molecular flexibility index (Phi) is 7.74. The van der Waals surface area contributed by atoms with Gasteiger partial charge < -0.3 is 0 Å². The summed E-state index contributed by atoms with van der Waals surface area (Å²) in [6, 6.07) is 4.12. The van der Waals surface area contributed by atoms with Crippen molar-refractivity contribution in [2.75, 3.05) is 0 Å². The first-order valence-electron chi connectivity index (χ1n) is 6.92. The summed E-state index contributed by atoms with van der Waals surface area (Å²) >= 11 is 0. The molecule has 1 rings (SSSR count). The van der Waals surface area contributed by atoms with Gasteiger partial charge in [0, 0.05) is 11.1 Å². The van der Waals surface area contributed by atoms with E-state index in [1.807, 2.05) is 59.8 Å². The van der Waals surface area contributed by atoms with E-state index in [0.29, 0.717) is 0 Å². The van der Waals surface area contributed by atoms with E-state index in [9.17, 15) is 4.79 Å². The van der Waals surface area contributed by atoms with Gasteiger partial charge in [0.1, 0.15) is 0 Å². The summed E-state index contributed by atoms with van der Waals surface area (Å²) in [6.07, 6.45) is 5.62. The van der Waals surface area contributed by atoms with E-state index in [4.69, 9.17) is 0 Å². The van der Waals surface area contributed by atoms with Crippen molar-refractivity contribution in [1.29, 1.82) is 0 Å². The Morgan fingerprint density at radius 1 is 1.00 bits per heavy atom. The summed E-state index contributed by atoms with van der Waals surface area (Å²) in [5.74, 6) is 0.112. The molecular formula is C18H26O. The minimum Gasteiger partial charge on any atom is -0.289 e. The van der Waals surface area contributed by atoms with Crippen molar-refractivity contribution in [2.45, 2.75) is 48.5 Å². The van der Waals surface area contributed by atoms with E-state index in [1.165, 1.54) is 5.56 Å². The van der Waals surface area contributed by atoms with Crippen molar-refractivity contribution < 1.29 is 4.79 Å². The molecule has 0 amide bonds. The van der Waals surface area contributed by atoms with Crippen molar-refractivity contribution in [2.24, 2.45) is 0 Å². The third-order valence-corrected chi connectivity index (χ3v) is 2.82. The normalized spacial score (nSPS) is 11.2. The van der Waals surface area contributed by atoms with Crippen molar-refractivity contribution >= 4 is 5.78 Å². The van der Waals surface area contributed by atoms with E-state index < -0.39 is 0 Å². The van der Waals surface area contributed by atoms with Gasteiger partial charge >= 0.3 is 0 Å². The lowest BCUT2D eigenvalue weighted by molar-refractivity contribution is 0.103. The van der Waals surface area contributed by atoms with Gasteiger partial charge in [-0.25, -0.2) is 0 Å². The average molecular weight is 258 g/mol. The second kappa shape index (κ2) is 8.47. The van der Waals surface area contributed by atoms with E-state index in [1.54, 1.807) is 0 Å². The second-order valence-corrected chi connectivity index (χ2v) is 4.35. The molecule has 0 aliphatic rings. The average Bonchev–Trinajstić information content (AvgIpc) is 2.36. The molecule has 1 aromatic carbocycles. The maximum Gasteiger partial charge on any atom is 0.193 e. The first-order valence-corrected chi connectivity index (χ1v) is 6.92. The summed E-state index contributed by atoms with van der Waals surface area (Å²) in [7, 11) is 0. The molecule has 0 unspecified atom stereocenters. The fraction of sp³-hybridized carbons (Fsp3) is 0.389. The molecule has 0 saturated heterocycles. The Morgan fingerprint density at radius 2 is 1.47 bits per heavy atom. The van der Waals surface area contributed by atoms with Gasteiger partial charge in [-0.2, -0.15) is 0 Å². The molecule has 0 aromatic heterocycles. The van der Waals surface area contributed by atoms with Gasteiger partial charge in [0.25, 0.3) is 0 Å². The molecule has 0 saturated carbocycles. The Morgan fingerprint density at radius 3 is 1.84 bits per heavy atom. The van der Waals surface area contributed by atoms with Crippen LogP contribution >= 0.6 is 0 Å². The number of benzene rings is 1. The molecule has 19 heavy (non-hydrogen) atoms. The van der Waals surface area contributed by atoms with Gasteiger partial charge in [-0.05, 0) is 45.7 Å². The molecule has 0 N–H and O–H groups in total. The Labute approximate surface area is 118 Å². The smallest absolute Gasteiger partial charge is 0.193 e. The van der Waals surface area contributed by atoms with Gasteiger partial charge in [0.2, 0.25) is 0 Å². The number of allylic oxidation sites excluding steroid dienone is 4. The zero-order valence-electron chi connectivity index (χ0n) is 13.3. The first-order chi connectivity index (χ1) is 9.01. The van der Waals surface area contributed by atoms with Crippen LogP contribution in [-0.2, 0) is 0 Å². The van der Waals surface area contributed by atoms with Crippen LogP contribution in [0.2, 0.25) is 0 Å². The summed E-state index contributed by atoms with van der Waals surface area (Å²) < 4.78 is 0. The molecule has 0 aliphatic carbocycles. The summed E-state index contributed by atoms with van der Waals surface area (Å²) in [5.41, 5.74) is 4.89. The van der Waals surface area contributed by atoms with Gasteiger partial charge in [-0.15, -0.1) is 0 Å². The fourth-order valence-corrected chi connectivity index (χ4v) is 2.17. The third-order valence-electron chi connectivity index (χ3n) is 2.82. The number of carbonyl (C=O) groups is 1. The maximum absolute atomic E-state index is 12.4. The number of Topliss-reactive ketones (excluding diaryl/α,β-unsaturated/α-hetero) is 1. The molecular weight excluding hydrogens is 232 g/mol. The van der Waals surface area contributed by atoms with Crippen molar-refractivity contribution in [3.05, 3.63) is 58.2 Å². The standard InChI is InChI=1S/C16H20O.C2H6/c1-6-8-14(7-2)16(17)15-12(4)9-11(3)10-13(15)5;1-2/h6-10H,1-5H3;1-2H3/b8-6-,14-7+;. The van der Waals surface area contributed by atoms with Crippen molar-refractivity contribution in [3.8, 4) is 0 Å². The van der Waals surface area contributed by atoms with Crippen LogP contribution in [-0.4, -0.2) is 5.78 Å². The Balaban J connectivity index is 0.00000154. The first kappa shape index (κ1) is 17.4. The molecule has 1 aromatic rings. The Bertz CT molecular complexity index is 467. The second-order valence-electron chi connectivity index (χ2n) is 4.35. The lowest BCUT2D eigenvalue weighted by Gasteiger charge is -2.10. The topological polar surface area (TPSA) is 17.1 Å². The van der Waals surface area contributed by atoms with Crippen LogP contribution in [0.25, 0.3) is 0 Å². The molecule has 0 atom stereocenters. The lowest BCUT2D eigenvalue weighted by Crippen LogP contribution is -2.07. The maximum atomic E-state index is 12.4. The quantitative estimate of drug-likeness (QED) is 0.406. The summed E-state index contributed by atoms with van der Waals surface area (Å²) in [6.45, 7) is 13.9. The molecule has 0 radical (unpaired) electrons. The number of rotatable bonds is 3. The highest BCUT2D eigenvalue weighted by Gasteiger charge is 2.14. The van der Waals surface area contributed by atoms with Gasteiger partial charge in [-0.1, -0.05) is 49.8 Å². The Hall–Kier alpha value is -1.63. The number of carbonyl (C=O) groups excluding carboxylic acids is 1. The van der Waals surface area contributed by atoms with Crippen LogP contribution in [0, 0.1) is 20.8 Å². The zero-order valence-corrected chi connectivity index (χ0v) is 13.3. The number of hydrogen-bond donors (Lipinski definition) is 0. The molecule has 1 heteroatoms. The molecule has 0 bridgehead atoms. The fourth-order valence-electron chi connectivity index (χ4n) is 2.17. The summed E-state index contributed by atoms with van der Waals surface area (Å²) in [5, 5.41) is 0. The predicted octanol–water partition coefficient (Wildman–Crippen LogP) is 5.34. The predicted molar refractivity (Wildman–Crippen MR) is 84.9 cm³/mol. The highest BCUT2D eigenvalue weighted by molar-refractivity contribution is 6.12. The highest BCUT2D eigenvalue weighted by Crippen LogP contribution is 2.20. The van der Waals surface area contributed by atoms with Crippen LogP contribution < -0.4 is 0 Å². The van der Waals surface area contributed by atoms with Gasteiger partial charge in [0.15, 0.2) is 5.78 Å². The monoisotopic (exact) mass is 258 g/mol. The molecule has 1 nitrogen and oxygen atoms in total. The van der Waals surface area contributed by atoms with Crippen molar-refractivity contribution in [3.63, 3.8) is 0 Å². The molecule has 0 spiro atoms. The minimum atomic E-state index is 0.112. The lowest BCUT2D eigenvalue weighted by atomic mass is 9.93. The molecule has 0 fully saturated rings. The number of ketones is 1. The van der Waals surface area contributed by atoms with Crippen LogP contribution in [0.4, 0.5) is 0 Å². The highest BCUT2D eigenvalue weighted by atomic mass is 16.1. The molecule has 104 valence electrons. The SMILES string of the molecule is C/C=C\C(=C/C)C(=O)c1c(C)cc(C)cc1C.CC. The number of hydrogen-bond acceptors (Lipinski definition) is 1. The largest absolute Gasteiger partial charge is 0.289 e. The summed E-state index contributed by atoms with van der Waals surface area (Å²) in [4.78, 5) is 12.4. The van der Waals surface area contributed by atoms with Crippen LogP contribution in [0.5, 0.6) is 0 Å². The van der Waals surface area contributed by atoms with Crippen LogP contribution in [0.3, 0.4) is 0 Å². The van der Waals surface area contributed by atoms with Gasteiger partial charge in [-0.3, -0.25) is 4.79 Å². The molecule has 0 aliphatic heterocycles. The third kappa shape index (κ3) is 4.51. The van der Waals surface area contributed by atoms with Gasteiger partial charge in [0.05, 0.1) is 0 Å². The number of aryl methyl sites for hydroxylation is 3.